The Kier molecular flexibility index (Phi) is 10.2. The van der Waals surface area contributed by atoms with E-state index < -0.39 is 0 Å². The lowest BCUT2D eigenvalue weighted by molar-refractivity contribution is -0.146. The van der Waals surface area contributed by atoms with E-state index in [0.29, 0.717) is 37.9 Å². The van der Waals surface area contributed by atoms with Crippen molar-refractivity contribution in [2.75, 3.05) is 14.2 Å². The Morgan fingerprint density at radius 3 is 2.66 bits per heavy atom. The molecule has 1 aromatic rings. The second kappa shape index (κ2) is 13.6. The van der Waals surface area contributed by atoms with Crippen LogP contribution in [-0.4, -0.2) is 38.3 Å². The Morgan fingerprint density at radius 2 is 2.00 bits per heavy atom. The first kappa shape index (κ1) is 26.4. The number of aliphatic imine (C=N–C) groups is 1. The lowest BCUT2D eigenvalue weighted by Crippen LogP contribution is -2.26. The summed E-state index contributed by atoms with van der Waals surface area (Å²) in [6.07, 6.45) is 13.8. The van der Waals surface area contributed by atoms with Gasteiger partial charge in [0, 0.05) is 37.9 Å². The van der Waals surface area contributed by atoms with Gasteiger partial charge in [-0.25, -0.2) is 0 Å². The molecule has 2 aliphatic rings. The van der Waals surface area contributed by atoms with E-state index in [0.717, 1.165) is 36.1 Å². The van der Waals surface area contributed by atoms with Crippen molar-refractivity contribution in [2.24, 2.45) is 10.9 Å². The van der Waals surface area contributed by atoms with Crippen LogP contribution in [0.3, 0.4) is 0 Å². The van der Waals surface area contributed by atoms with Gasteiger partial charge in [0.2, 0.25) is 0 Å². The van der Waals surface area contributed by atoms with Crippen LogP contribution in [-0.2, 0) is 25.5 Å². The minimum atomic E-state index is -0.383. The fourth-order valence-corrected chi connectivity index (χ4v) is 4.28. The molecule has 0 fully saturated rings. The molecule has 0 spiro atoms. The van der Waals surface area contributed by atoms with E-state index in [-0.39, 0.29) is 23.8 Å². The van der Waals surface area contributed by atoms with Crippen LogP contribution >= 0.6 is 0 Å². The van der Waals surface area contributed by atoms with Crippen molar-refractivity contribution in [2.45, 2.75) is 57.5 Å². The fraction of sp³-hybridized carbons (Fsp3) is 0.414. The molecule has 0 amide bonds. The summed E-state index contributed by atoms with van der Waals surface area (Å²) in [5, 5.41) is 0. The Hall–Kier alpha value is -3.25. The minimum absolute atomic E-state index is 0.104. The first-order valence-electron chi connectivity index (χ1n) is 12.2. The van der Waals surface area contributed by atoms with Crippen LogP contribution in [0.2, 0.25) is 0 Å². The number of Topliss-reactive ketones (excluding diaryl/α,β-unsaturated/α-hetero) is 1. The van der Waals surface area contributed by atoms with Crippen molar-refractivity contribution in [3.8, 4) is 5.75 Å². The van der Waals surface area contributed by atoms with Gasteiger partial charge in [0.05, 0.1) is 13.0 Å². The van der Waals surface area contributed by atoms with Gasteiger partial charge in [-0.15, -0.1) is 6.58 Å². The largest absolute Gasteiger partial charge is 0.497 e. The van der Waals surface area contributed by atoms with Gasteiger partial charge in [-0.05, 0) is 62.3 Å². The molecule has 0 bridgehead atoms. The molecular formula is C29H35NO5. The van der Waals surface area contributed by atoms with E-state index in [1.807, 2.05) is 48.7 Å². The van der Waals surface area contributed by atoms with Gasteiger partial charge in [0.25, 0.3) is 0 Å². The number of benzene rings is 1. The first-order valence-corrected chi connectivity index (χ1v) is 12.2. The number of hydrogen-bond acceptors (Lipinski definition) is 6. The quantitative estimate of drug-likeness (QED) is 0.270. The summed E-state index contributed by atoms with van der Waals surface area (Å²) in [4.78, 5) is 29.9. The van der Waals surface area contributed by atoms with E-state index in [2.05, 4.69) is 11.6 Å². The summed E-state index contributed by atoms with van der Waals surface area (Å²) < 4.78 is 16.7. The van der Waals surface area contributed by atoms with Gasteiger partial charge >= 0.3 is 5.97 Å². The highest BCUT2D eigenvalue weighted by Crippen LogP contribution is 2.27. The minimum Gasteiger partial charge on any atom is -0.497 e. The van der Waals surface area contributed by atoms with Crippen molar-refractivity contribution in [1.29, 1.82) is 0 Å². The number of ether oxygens (including phenoxy) is 3. The third-order valence-corrected chi connectivity index (χ3v) is 6.33. The van der Waals surface area contributed by atoms with Crippen molar-refractivity contribution < 1.29 is 23.8 Å². The smallest absolute Gasteiger partial charge is 0.314 e. The van der Waals surface area contributed by atoms with Gasteiger partial charge in [-0.2, -0.15) is 0 Å². The maximum Gasteiger partial charge on any atom is 0.314 e. The highest BCUT2D eigenvalue weighted by molar-refractivity contribution is 5.96. The van der Waals surface area contributed by atoms with Crippen molar-refractivity contribution in [3.05, 3.63) is 77.7 Å². The van der Waals surface area contributed by atoms with Crippen molar-refractivity contribution >= 4 is 18.0 Å². The standard InChI is InChI=1S/C29H35NO5/c1-4-7-21-13-16-27(28(19-21)34-3)35-29(32)23(18-22-11-14-25(33-2)15-12-22)8-5-10-26(31)24-9-6-17-30-20-24/h4,11-17,20,23,28H,1,5-10,18-19H2,2-3H3. The van der Waals surface area contributed by atoms with Crippen LogP contribution < -0.4 is 4.74 Å². The molecule has 0 radical (unpaired) electrons. The highest BCUT2D eigenvalue weighted by atomic mass is 16.6. The number of esters is 1. The summed E-state index contributed by atoms with van der Waals surface area (Å²) in [6, 6.07) is 7.68. The second-order valence-corrected chi connectivity index (χ2v) is 8.83. The normalized spacial score (nSPS) is 18.1. The third-order valence-electron chi connectivity index (χ3n) is 6.33. The predicted octanol–water partition coefficient (Wildman–Crippen LogP) is 5.69. The molecule has 0 saturated heterocycles. The Bertz CT molecular complexity index is 1020. The maximum absolute atomic E-state index is 13.3. The molecule has 2 atom stereocenters. The highest BCUT2D eigenvalue weighted by Gasteiger charge is 2.27. The summed E-state index contributed by atoms with van der Waals surface area (Å²) in [6.45, 7) is 3.79. The zero-order valence-electron chi connectivity index (χ0n) is 20.7. The zero-order chi connectivity index (χ0) is 25.0. The van der Waals surface area contributed by atoms with Crippen LogP contribution in [0.25, 0.3) is 0 Å². The molecule has 35 heavy (non-hydrogen) atoms. The average Bonchev–Trinajstić information content (AvgIpc) is 2.89. The topological polar surface area (TPSA) is 74.2 Å². The Morgan fingerprint density at radius 1 is 1.20 bits per heavy atom. The molecule has 6 nitrogen and oxygen atoms in total. The molecular weight excluding hydrogens is 442 g/mol. The Balaban J connectivity index is 1.68. The van der Waals surface area contributed by atoms with Crippen LogP contribution in [0.4, 0.5) is 0 Å². The molecule has 1 aliphatic carbocycles. The monoisotopic (exact) mass is 477 g/mol. The summed E-state index contributed by atoms with van der Waals surface area (Å²) >= 11 is 0. The average molecular weight is 478 g/mol. The van der Waals surface area contributed by atoms with Crippen molar-refractivity contribution in [3.63, 3.8) is 0 Å². The summed E-state index contributed by atoms with van der Waals surface area (Å²) in [5.74, 6) is 0.702. The molecule has 0 aromatic heterocycles. The molecule has 0 saturated carbocycles. The van der Waals surface area contributed by atoms with Crippen LogP contribution in [0, 0.1) is 5.92 Å². The van der Waals surface area contributed by atoms with E-state index in [4.69, 9.17) is 14.2 Å². The number of rotatable bonds is 13. The van der Waals surface area contributed by atoms with Crippen molar-refractivity contribution in [1.82, 2.24) is 0 Å². The van der Waals surface area contributed by atoms with Gasteiger partial charge in [-0.1, -0.05) is 29.9 Å². The predicted molar refractivity (Wildman–Crippen MR) is 137 cm³/mol. The molecule has 2 unspecified atom stereocenters. The maximum atomic E-state index is 13.3. The van der Waals surface area contributed by atoms with E-state index in [1.165, 1.54) is 5.57 Å². The van der Waals surface area contributed by atoms with Gasteiger partial charge in [-0.3, -0.25) is 14.6 Å². The van der Waals surface area contributed by atoms with E-state index >= 15 is 0 Å². The number of carbonyl (C=O) groups is 2. The number of nitrogens with zero attached hydrogens (tertiary/aromatic N) is 1. The summed E-state index contributed by atoms with van der Waals surface area (Å²) in [7, 11) is 3.24. The molecule has 186 valence electrons. The fourth-order valence-electron chi connectivity index (χ4n) is 4.28. The molecule has 1 heterocycles. The molecule has 1 aliphatic heterocycles. The number of methoxy groups -OCH3 is 2. The van der Waals surface area contributed by atoms with E-state index in [1.54, 1.807) is 20.4 Å². The zero-order valence-corrected chi connectivity index (χ0v) is 20.7. The van der Waals surface area contributed by atoms with Gasteiger partial charge < -0.3 is 14.2 Å². The Labute approximate surface area is 208 Å². The summed E-state index contributed by atoms with van der Waals surface area (Å²) in [5.41, 5.74) is 2.96. The van der Waals surface area contributed by atoms with Gasteiger partial charge in [0.15, 0.2) is 5.78 Å². The molecule has 3 rings (SSSR count). The van der Waals surface area contributed by atoms with Crippen LogP contribution in [0.5, 0.6) is 5.75 Å². The number of hydrogen-bond donors (Lipinski definition) is 0. The SMILES string of the molecule is C=CCC1=CC=C(OC(=O)C(CCCC(=O)C2=CN=CCC2)Cc2ccc(OC)cc2)C(OC)C1. The van der Waals surface area contributed by atoms with Gasteiger partial charge in [0.1, 0.15) is 17.6 Å². The van der Waals surface area contributed by atoms with E-state index in [9.17, 15) is 9.59 Å². The molecule has 0 N–H and O–H groups in total. The third kappa shape index (κ3) is 7.89. The second-order valence-electron chi connectivity index (χ2n) is 8.83. The lowest BCUT2D eigenvalue weighted by Gasteiger charge is -2.25. The lowest BCUT2D eigenvalue weighted by atomic mass is 9.92. The number of ketones is 1. The first-order chi connectivity index (χ1) is 17.0. The number of carbonyl (C=O) groups excluding carboxylic acids is 2. The molecule has 6 heteroatoms. The van der Waals surface area contributed by atoms with Crippen LogP contribution in [0.15, 0.2) is 77.2 Å². The molecule has 1 aromatic carbocycles. The van der Waals surface area contributed by atoms with Crippen LogP contribution in [0.1, 0.15) is 50.5 Å². The number of allylic oxidation sites excluding steroid dienone is 4.